The third-order valence-corrected chi connectivity index (χ3v) is 5.22. The van der Waals surface area contributed by atoms with Gasteiger partial charge in [-0.15, -0.1) is 0 Å². The van der Waals surface area contributed by atoms with E-state index in [4.69, 9.17) is 0 Å². The fourth-order valence-electron chi connectivity index (χ4n) is 1.58. The second-order valence-electron chi connectivity index (χ2n) is 5.00. The highest BCUT2D eigenvalue weighted by Crippen LogP contribution is 2.27. The van der Waals surface area contributed by atoms with Crippen LogP contribution < -0.4 is 0 Å². The van der Waals surface area contributed by atoms with Gasteiger partial charge in [-0.25, -0.2) is 8.42 Å². The molecule has 0 aliphatic rings. The van der Waals surface area contributed by atoms with Crippen molar-refractivity contribution >= 4 is 20.6 Å². The van der Waals surface area contributed by atoms with Gasteiger partial charge in [-0.05, 0) is 44.4 Å². The van der Waals surface area contributed by atoms with Gasteiger partial charge >= 0.3 is 0 Å². The molecule has 0 amide bonds. The van der Waals surface area contributed by atoms with Crippen LogP contribution in [0.15, 0.2) is 41.6 Å². The Bertz CT molecular complexity index is 654. The van der Waals surface area contributed by atoms with Crippen LogP contribution in [-0.4, -0.2) is 18.1 Å². The van der Waals surface area contributed by atoms with Crippen molar-refractivity contribution in [1.29, 1.82) is 0 Å². The number of benzene rings is 1. The average molecular weight is 249 g/mol. The summed E-state index contributed by atoms with van der Waals surface area (Å²) in [5.74, 6) is 0. The molecule has 0 aliphatic heterocycles. The normalized spacial score (nSPS) is 12.9. The molecular weight excluding hydrogens is 234 g/mol. The van der Waals surface area contributed by atoms with Crippen molar-refractivity contribution in [2.24, 2.45) is 0 Å². The molecule has 2 aromatic rings. The number of aromatic nitrogens is 1. The van der Waals surface area contributed by atoms with Crippen LogP contribution in [0.1, 0.15) is 20.8 Å². The van der Waals surface area contributed by atoms with Crippen LogP contribution in [0.3, 0.4) is 0 Å². The smallest absolute Gasteiger partial charge is 0.183 e. The zero-order valence-electron chi connectivity index (χ0n) is 10.1. The van der Waals surface area contributed by atoms with Gasteiger partial charge < -0.3 is 0 Å². The Labute approximate surface area is 101 Å². The Hall–Kier alpha value is -1.42. The zero-order chi connectivity index (χ0) is 12.7. The molecule has 0 spiro atoms. The summed E-state index contributed by atoms with van der Waals surface area (Å²) >= 11 is 0. The number of sulfone groups is 1. The molecule has 0 aliphatic carbocycles. The highest BCUT2D eigenvalue weighted by atomic mass is 32.2. The van der Waals surface area contributed by atoms with Crippen molar-refractivity contribution in [3.05, 3.63) is 36.7 Å². The Morgan fingerprint density at radius 3 is 2.41 bits per heavy atom. The molecule has 1 aromatic heterocycles. The first kappa shape index (κ1) is 12.0. The molecule has 0 bridgehead atoms. The van der Waals surface area contributed by atoms with E-state index in [-0.39, 0.29) is 0 Å². The molecular formula is C13H15NO2S. The van der Waals surface area contributed by atoms with Crippen molar-refractivity contribution < 1.29 is 8.42 Å². The molecule has 0 radical (unpaired) electrons. The van der Waals surface area contributed by atoms with Crippen molar-refractivity contribution in [1.82, 2.24) is 4.98 Å². The monoisotopic (exact) mass is 249 g/mol. The van der Waals surface area contributed by atoms with Gasteiger partial charge in [0.2, 0.25) is 0 Å². The Morgan fingerprint density at radius 1 is 1.06 bits per heavy atom. The van der Waals surface area contributed by atoms with E-state index in [1.807, 2.05) is 6.07 Å². The molecule has 0 atom stereocenters. The van der Waals surface area contributed by atoms with Crippen molar-refractivity contribution in [2.45, 2.75) is 30.4 Å². The largest absolute Gasteiger partial charge is 0.264 e. The molecule has 3 nitrogen and oxygen atoms in total. The van der Waals surface area contributed by atoms with Gasteiger partial charge in [0.05, 0.1) is 9.64 Å². The maximum absolute atomic E-state index is 12.3. The Kier molecular flexibility index (Phi) is 2.70. The minimum atomic E-state index is -3.29. The molecule has 0 fully saturated rings. The predicted octanol–water partition coefficient (Wildman–Crippen LogP) is 2.81. The molecule has 4 heteroatoms. The molecule has 0 saturated carbocycles. The average Bonchev–Trinajstić information content (AvgIpc) is 2.27. The molecule has 1 aromatic carbocycles. The lowest BCUT2D eigenvalue weighted by molar-refractivity contribution is 0.560. The van der Waals surface area contributed by atoms with Crippen LogP contribution in [0.2, 0.25) is 0 Å². The minimum Gasteiger partial charge on any atom is -0.264 e. The molecule has 0 unspecified atom stereocenters. The van der Waals surface area contributed by atoms with E-state index in [1.54, 1.807) is 51.4 Å². The summed E-state index contributed by atoms with van der Waals surface area (Å²) in [5.41, 5.74) is 0. The third kappa shape index (κ3) is 2.05. The van der Waals surface area contributed by atoms with Crippen molar-refractivity contribution in [2.75, 3.05) is 0 Å². The van der Waals surface area contributed by atoms with Gasteiger partial charge in [0, 0.05) is 17.8 Å². The number of nitrogens with zero attached hydrogens (tertiary/aromatic N) is 1. The number of hydrogen-bond donors (Lipinski definition) is 0. The van der Waals surface area contributed by atoms with E-state index in [1.165, 1.54) is 0 Å². The van der Waals surface area contributed by atoms with E-state index in [0.29, 0.717) is 4.90 Å². The summed E-state index contributed by atoms with van der Waals surface area (Å²) in [5, 5.41) is 1.84. The standard InChI is InChI=1S/C13H15NO2S/c1-13(2,3)17(15,16)12-5-4-11-9-14-7-6-10(11)8-12/h4-9H,1-3H3. The second kappa shape index (κ2) is 3.81. The highest BCUT2D eigenvalue weighted by molar-refractivity contribution is 7.92. The summed E-state index contributed by atoms with van der Waals surface area (Å²) in [6.07, 6.45) is 3.39. The van der Waals surface area contributed by atoms with Crippen LogP contribution in [-0.2, 0) is 9.84 Å². The highest BCUT2D eigenvalue weighted by Gasteiger charge is 2.30. The van der Waals surface area contributed by atoms with Crippen LogP contribution in [0, 0.1) is 0 Å². The SMILES string of the molecule is CC(C)(C)S(=O)(=O)c1ccc2cnccc2c1. The molecule has 0 N–H and O–H groups in total. The summed E-state index contributed by atoms with van der Waals surface area (Å²) in [4.78, 5) is 4.37. The maximum Gasteiger partial charge on any atom is 0.183 e. The number of pyridine rings is 1. The van der Waals surface area contributed by atoms with Gasteiger partial charge in [-0.3, -0.25) is 4.98 Å². The first-order chi connectivity index (χ1) is 7.82. The van der Waals surface area contributed by atoms with Crippen LogP contribution in [0.4, 0.5) is 0 Å². The quantitative estimate of drug-likeness (QED) is 0.780. The number of fused-ring (bicyclic) bond motifs is 1. The van der Waals surface area contributed by atoms with Gasteiger partial charge in [0.1, 0.15) is 0 Å². The predicted molar refractivity (Wildman–Crippen MR) is 68.7 cm³/mol. The van der Waals surface area contributed by atoms with E-state index >= 15 is 0 Å². The molecule has 90 valence electrons. The Morgan fingerprint density at radius 2 is 1.76 bits per heavy atom. The number of rotatable bonds is 1. The van der Waals surface area contributed by atoms with E-state index < -0.39 is 14.6 Å². The fourth-order valence-corrected chi connectivity index (χ4v) is 2.82. The van der Waals surface area contributed by atoms with Gasteiger partial charge in [-0.1, -0.05) is 6.07 Å². The summed E-state index contributed by atoms with van der Waals surface area (Å²) in [6.45, 7) is 5.12. The molecule has 2 rings (SSSR count). The van der Waals surface area contributed by atoms with Crippen LogP contribution in [0.25, 0.3) is 10.8 Å². The molecule has 17 heavy (non-hydrogen) atoms. The van der Waals surface area contributed by atoms with Crippen molar-refractivity contribution in [3.63, 3.8) is 0 Å². The Balaban J connectivity index is 2.66. The topological polar surface area (TPSA) is 47.0 Å². The lowest BCUT2D eigenvalue weighted by atomic mass is 10.2. The number of hydrogen-bond acceptors (Lipinski definition) is 3. The van der Waals surface area contributed by atoms with E-state index in [2.05, 4.69) is 4.98 Å². The molecule has 1 heterocycles. The maximum atomic E-state index is 12.3. The second-order valence-corrected chi connectivity index (χ2v) is 7.70. The summed E-state index contributed by atoms with van der Waals surface area (Å²) < 4.78 is 23.8. The van der Waals surface area contributed by atoms with Crippen molar-refractivity contribution in [3.8, 4) is 0 Å². The fraction of sp³-hybridized carbons (Fsp3) is 0.308. The first-order valence-electron chi connectivity index (χ1n) is 5.41. The first-order valence-corrected chi connectivity index (χ1v) is 6.89. The summed E-state index contributed by atoms with van der Waals surface area (Å²) in [7, 11) is -3.29. The van der Waals surface area contributed by atoms with E-state index in [0.717, 1.165) is 10.8 Å². The van der Waals surface area contributed by atoms with Gasteiger partial charge in [-0.2, -0.15) is 0 Å². The van der Waals surface area contributed by atoms with Crippen LogP contribution >= 0.6 is 0 Å². The lowest BCUT2D eigenvalue weighted by Gasteiger charge is -2.19. The van der Waals surface area contributed by atoms with Gasteiger partial charge in [0.15, 0.2) is 9.84 Å². The molecule has 0 saturated heterocycles. The minimum absolute atomic E-state index is 0.365. The third-order valence-electron chi connectivity index (χ3n) is 2.73. The van der Waals surface area contributed by atoms with Gasteiger partial charge in [0.25, 0.3) is 0 Å². The van der Waals surface area contributed by atoms with Crippen LogP contribution in [0.5, 0.6) is 0 Å². The van der Waals surface area contributed by atoms with E-state index in [9.17, 15) is 8.42 Å². The summed E-state index contributed by atoms with van der Waals surface area (Å²) in [6, 6.07) is 6.96. The zero-order valence-corrected chi connectivity index (χ0v) is 11.0. The lowest BCUT2D eigenvalue weighted by Crippen LogP contribution is -2.27.